The van der Waals surface area contributed by atoms with Crippen molar-refractivity contribution < 1.29 is 9.84 Å². The molecule has 1 atom stereocenters. The molecule has 0 radical (unpaired) electrons. The summed E-state index contributed by atoms with van der Waals surface area (Å²) in [6.07, 6.45) is 2.57. The molecule has 1 fully saturated rings. The molecule has 1 aromatic heterocycles. The summed E-state index contributed by atoms with van der Waals surface area (Å²) in [5.41, 5.74) is 1.87. The molecule has 0 spiro atoms. The summed E-state index contributed by atoms with van der Waals surface area (Å²) in [6.45, 7) is 4.79. The van der Waals surface area contributed by atoms with Crippen molar-refractivity contribution in [1.82, 2.24) is 4.98 Å². The van der Waals surface area contributed by atoms with Gasteiger partial charge in [0.05, 0.1) is 18.2 Å². The smallest absolute Gasteiger partial charge is 0.129 e. The van der Waals surface area contributed by atoms with Crippen LogP contribution in [0.5, 0.6) is 0 Å². The molecule has 112 valence electrons. The third-order valence-electron chi connectivity index (χ3n) is 4.11. The van der Waals surface area contributed by atoms with Crippen LogP contribution in [0.2, 0.25) is 0 Å². The van der Waals surface area contributed by atoms with Gasteiger partial charge in [0, 0.05) is 25.1 Å². The molecule has 2 aromatic rings. The first-order valence-corrected chi connectivity index (χ1v) is 7.68. The number of ether oxygens (including phenoxy) is 1. The van der Waals surface area contributed by atoms with Gasteiger partial charge in [-0.1, -0.05) is 18.2 Å². The van der Waals surface area contributed by atoms with Crippen LogP contribution in [-0.4, -0.2) is 35.9 Å². The van der Waals surface area contributed by atoms with Crippen molar-refractivity contribution in [3.63, 3.8) is 0 Å². The van der Waals surface area contributed by atoms with Crippen molar-refractivity contribution in [3.8, 4) is 0 Å². The van der Waals surface area contributed by atoms with E-state index in [9.17, 15) is 5.11 Å². The van der Waals surface area contributed by atoms with Gasteiger partial charge in [-0.25, -0.2) is 4.98 Å². The Hall–Kier alpha value is -1.65. The van der Waals surface area contributed by atoms with Crippen molar-refractivity contribution in [1.29, 1.82) is 0 Å². The van der Waals surface area contributed by atoms with Crippen LogP contribution in [0.25, 0.3) is 10.9 Å². The van der Waals surface area contributed by atoms with E-state index in [1.807, 2.05) is 30.3 Å². The molecular weight excluding hydrogens is 264 g/mol. The molecule has 0 aliphatic carbocycles. The second kappa shape index (κ2) is 6.41. The third-order valence-corrected chi connectivity index (χ3v) is 4.11. The minimum absolute atomic E-state index is 0.0352. The molecule has 1 aliphatic rings. The lowest BCUT2D eigenvalue weighted by Crippen LogP contribution is -2.32. The maximum Gasteiger partial charge on any atom is 0.129 e. The Morgan fingerprint density at radius 2 is 2.24 bits per heavy atom. The number of aliphatic hydroxyl groups excluding tert-OH is 1. The molecule has 1 aromatic carbocycles. The number of para-hydroxylation sites is 1. The van der Waals surface area contributed by atoms with Gasteiger partial charge in [0.15, 0.2) is 0 Å². The number of benzene rings is 1. The molecule has 1 saturated heterocycles. The van der Waals surface area contributed by atoms with E-state index >= 15 is 0 Å². The number of hydrogen-bond acceptors (Lipinski definition) is 4. The minimum atomic E-state index is 0.0352. The fourth-order valence-electron chi connectivity index (χ4n) is 2.94. The highest BCUT2D eigenvalue weighted by molar-refractivity contribution is 5.84. The van der Waals surface area contributed by atoms with E-state index in [-0.39, 0.29) is 6.61 Å². The van der Waals surface area contributed by atoms with Crippen LogP contribution in [0.4, 0.5) is 5.82 Å². The van der Waals surface area contributed by atoms with Gasteiger partial charge in [-0.15, -0.1) is 0 Å². The average molecular weight is 286 g/mol. The number of aromatic nitrogens is 1. The van der Waals surface area contributed by atoms with E-state index in [2.05, 4.69) is 11.8 Å². The van der Waals surface area contributed by atoms with Gasteiger partial charge in [-0.2, -0.15) is 0 Å². The highest BCUT2D eigenvalue weighted by atomic mass is 16.5. The van der Waals surface area contributed by atoms with Gasteiger partial charge in [0.2, 0.25) is 0 Å². The molecule has 1 unspecified atom stereocenters. The van der Waals surface area contributed by atoms with E-state index < -0.39 is 0 Å². The van der Waals surface area contributed by atoms with Crippen LogP contribution in [0, 0.1) is 0 Å². The molecule has 2 heterocycles. The van der Waals surface area contributed by atoms with Crippen molar-refractivity contribution in [2.45, 2.75) is 32.5 Å². The average Bonchev–Trinajstić information content (AvgIpc) is 3.04. The SMILES string of the molecule is CCN(CC1CCCO1)c1cc(CO)c2ccccc2n1. The highest BCUT2D eigenvalue weighted by Crippen LogP contribution is 2.24. The summed E-state index contributed by atoms with van der Waals surface area (Å²) in [7, 11) is 0. The van der Waals surface area contributed by atoms with Gasteiger partial charge in [-0.05, 0) is 37.5 Å². The molecule has 4 heteroatoms. The molecule has 1 N–H and O–H groups in total. The van der Waals surface area contributed by atoms with E-state index in [4.69, 9.17) is 9.72 Å². The van der Waals surface area contributed by atoms with E-state index in [0.717, 1.165) is 54.8 Å². The van der Waals surface area contributed by atoms with Crippen molar-refractivity contribution in [3.05, 3.63) is 35.9 Å². The molecule has 4 nitrogen and oxygen atoms in total. The zero-order chi connectivity index (χ0) is 14.7. The van der Waals surface area contributed by atoms with Crippen LogP contribution >= 0.6 is 0 Å². The summed E-state index contributed by atoms with van der Waals surface area (Å²) in [6, 6.07) is 9.97. The number of pyridine rings is 1. The first-order valence-electron chi connectivity index (χ1n) is 7.68. The Balaban J connectivity index is 1.93. The number of anilines is 1. The van der Waals surface area contributed by atoms with Crippen LogP contribution in [0.3, 0.4) is 0 Å². The summed E-state index contributed by atoms with van der Waals surface area (Å²) in [5.74, 6) is 0.927. The lowest BCUT2D eigenvalue weighted by Gasteiger charge is -2.25. The zero-order valence-electron chi connectivity index (χ0n) is 12.5. The fourth-order valence-corrected chi connectivity index (χ4v) is 2.94. The third kappa shape index (κ3) is 3.01. The lowest BCUT2D eigenvalue weighted by molar-refractivity contribution is 0.115. The number of rotatable bonds is 5. The Labute approximate surface area is 125 Å². The normalized spacial score (nSPS) is 18.3. The van der Waals surface area contributed by atoms with Gasteiger partial charge in [0.25, 0.3) is 0 Å². The van der Waals surface area contributed by atoms with Gasteiger partial charge in [-0.3, -0.25) is 0 Å². The Kier molecular flexibility index (Phi) is 4.36. The summed E-state index contributed by atoms with van der Waals surface area (Å²) >= 11 is 0. The highest BCUT2D eigenvalue weighted by Gasteiger charge is 2.20. The van der Waals surface area contributed by atoms with Crippen LogP contribution < -0.4 is 4.90 Å². The number of nitrogens with zero attached hydrogens (tertiary/aromatic N) is 2. The first-order chi connectivity index (χ1) is 10.3. The Bertz CT molecular complexity index is 609. The quantitative estimate of drug-likeness (QED) is 0.918. The van der Waals surface area contributed by atoms with E-state index in [0.29, 0.717) is 6.10 Å². The molecule has 0 saturated carbocycles. The molecule has 3 rings (SSSR count). The number of likely N-dealkylation sites (N-methyl/N-ethyl adjacent to an activating group) is 1. The van der Waals surface area contributed by atoms with Crippen molar-refractivity contribution in [2.24, 2.45) is 0 Å². The van der Waals surface area contributed by atoms with Gasteiger partial charge in [0.1, 0.15) is 5.82 Å². The van der Waals surface area contributed by atoms with Crippen molar-refractivity contribution in [2.75, 3.05) is 24.6 Å². The number of aliphatic hydroxyl groups is 1. The molecule has 21 heavy (non-hydrogen) atoms. The zero-order valence-corrected chi connectivity index (χ0v) is 12.5. The molecule has 1 aliphatic heterocycles. The number of fused-ring (bicyclic) bond motifs is 1. The second-order valence-corrected chi connectivity index (χ2v) is 5.49. The Morgan fingerprint density at radius 1 is 1.38 bits per heavy atom. The second-order valence-electron chi connectivity index (χ2n) is 5.49. The summed E-state index contributed by atoms with van der Waals surface area (Å²) < 4.78 is 5.73. The van der Waals surface area contributed by atoms with E-state index in [1.165, 1.54) is 0 Å². The van der Waals surface area contributed by atoms with Crippen LogP contribution in [-0.2, 0) is 11.3 Å². The monoisotopic (exact) mass is 286 g/mol. The molecule has 0 amide bonds. The Morgan fingerprint density at radius 3 is 2.95 bits per heavy atom. The predicted molar refractivity (Wildman–Crippen MR) is 84.5 cm³/mol. The van der Waals surface area contributed by atoms with E-state index in [1.54, 1.807) is 0 Å². The molecule has 0 bridgehead atoms. The summed E-state index contributed by atoms with van der Waals surface area (Å²) in [4.78, 5) is 6.99. The maximum atomic E-state index is 9.63. The van der Waals surface area contributed by atoms with Crippen LogP contribution in [0.1, 0.15) is 25.3 Å². The topological polar surface area (TPSA) is 45.6 Å². The van der Waals surface area contributed by atoms with Gasteiger partial charge < -0.3 is 14.7 Å². The summed E-state index contributed by atoms with van der Waals surface area (Å²) in [5, 5.41) is 10.7. The fraction of sp³-hybridized carbons (Fsp3) is 0.471. The minimum Gasteiger partial charge on any atom is -0.392 e. The first kappa shape index (κ1) is 14.3. The number of hydrogen-bond donors (Lipinski definition) is 1. The van der Waals surface area contributed by atoms with Gasteiger partial charge >= 0.3 is 0 Å². The van der Waals surface area contributed by atoms with Crippen molar-refractivity contribution >= 4 is 16.7 Å². The largest absolute Gasteiger partial charge is 0.392 e. The molecular formula is C17H22N2O2. The standard InChI is InChI=1S/C17H22N2O2/c1-2-19(11-14-6-5-9-21-14)17-10-13(12-20)15-7-3-4-8-16(15)18-17/h3-4,7-8,10,14,20H,2,5-6,9,11-12H2,1H3. The predicted octanol–water partition coefficient (Wildman–Crippen LogP) is 2.73. The maximum absolute atomic E-state index is 9.63. The lowest BCUT2D eigenvalue weighted by atomic mass is 10.1. The van der Waals surface area contributed by atoms with Crippen LogP contribution in [0.15, 0.2) is 30.3 Å².